The van der Waals surface area contributed by atoms with Gasteiger partial charge in [-0.1, -0.05) is 17.4 Å². The molecule has 3 aromatic rings. The number of fused-ring (bicyclic) bond motifs is 2. The Morgan fingerprint density at radius 3 is 2.94 bits per heavy atom. The lowest BCUT2D eigenvalue weighted by Crippen LogP contribution is -2.46. The monoisotopic (exact) mass is 453 g/mol. The number of aromatic nitrogens is 1. The van der Waals surface area contributed by atoms with E-state index in [1.807, 2.05) is 19.2 Å². The predicted molar refractivity (Wildman–Crippen MR) is 133 cm³/mol. The molecule has 32 heavy (non-hydrogen) atoms. The Bertz CT molecular complexity index is 1050. The predicted octanol–water partition coefficient (Wildman–Crippen LogP) is 4.12. The molecule has 0 radical (unpaired) electrons. The number of piperazine rings is 1. The van der Waals surface area contributed by atoms with Gasteiger partial charge < -0.3 is 25.0 Å². The summed E-state index contributed by atoms with van der Waals surface area (Å²) in [4.78, 5) is 9.57. The Morgan fingerprint density at radius 1 is 1.16 bits per heavy atom. The second kappa shape index (κ2) is 9.83. The molecule has 0 bridgehead atoms. The molecule has 1 saturated heterocycles. The summed E-state index contributed by atoms with van der Waals surface area (Å²) in [7, 11) is 1.90. The van der Waals surface area contributed by atoms with Crippen LogP contribution in [0.15, 0.2) is 36.4 Å². The summed E-state index contributed by atoms with van der Waals surface area (Å²) in [6.07, 6.45) is 2.21. The number of nitrogens with zero attached hydrogens (tertiary/aromatic N) is 3. The molecular formula is C24H31N5O2S. The number of hydrogen-bond donors (Lipinski definition) is 2. The fraction of sp³-hybridized carbons (Fsp3) is 0.458. The Labute approximate surface area is 193 Å². The number of nitrogens with one attached hydrogen (secondary N) is 2. The second-order valence-corrected chi connectivity index (χ2v) is 9.24. The van der Waals surface area contributed by atoms with E-state index in [1.165, 1.54) is 10.4 Å². The van der Waals surface area contributed by atoms with Crippen molar-refractivity contribution >= 4 is 38.1 Å². The molecule has 2 aliphatic rings. The molecule has 0 spiro atoms. The third-order valence-corrected chi connectivity index (χ3v) is 7.14. The maximum absolute atomic E-state index is 5.97. The van der Waals surface area contributed by atoms with E-state index in [1.54, 1.807) is 11.3 Å². The molecule has 2 N–H and O–H groups in total. The number of hydrogen-bond acceptors (Lipinski definition) is 8. The average molecular weight is 454 g/mol. The number of rotatable bonds is 8. The molecule has 0 aliphatic carbocycles. The third kappa shape index (κ3) is 4.71. The number of anilines is 3. The van der Waals surface area contributed by atoms with Crippen LogP contribution in [0, 0.1) is 0 Å². The molecule has 170 valence electrons. The Morgan fingerprint density at radius 2 is 2.06 bits per heavy atom. The first-order chi connectivity index (χ1) is 15.8. The van der Waals surface area contributed by atoms with Crippen LogP contribution in [0.2, 0.25) is 0 Å². The minimum Gasteiger partial charge on any atom is -0.494 e. The smallest absolute Gasteiger partial charge is 0.183 e. The van der Waals surface area contributed by atoms with Crippen molar-refractivity contribution in [3.63, 3.8) is 0 Å². The highest BCUT2D eigenvalue weighted by atomic mass is 32.1. The second-order valence-electron chi connectivity index (χ2n) is 8.21. The molecule has 2 aliphatic heterocycles. The molecule has 7 nitrogen and oxygen atoms in total. The number of thiazole rings is 1. The Kier molecular flexibility index (Phi) is 6.50. The van der Waals surface area contributed by atoms with E-state index in [0.29, 0.717) is 0 Å². The van der Waals surface area contributed by atoms with Gasteiger partial charge in [-0.2, -0.15) is 0 Å². The van der Waals surface area contributed by atoms with Gasteiger partial charge in [0.2, 0.25) is 0 Å². The zero-order chi connectivity index (χ0) is 21.8. The summed E-state index contributed by atoms with van der Waals surface area (Å²) >= 11 is 1.66. The zero-order valence-corrected chi connectivity index (χ0v) is 19.4. The van der Waals surface area contributed by atoms with E-state index in [4.69, 9.17) is 9.47 Å². The fourth-order valence-electron chi connectivity index (χ4n) is 4.35. The minimum absolute atomic E-state index is 0.737. The van der Waals surface area contributed by atoms with Gasteiger partial charge in [-0.15, -0.1) is 0 Å². The highest BCUT2D eigenvalue weighted by molar-refractivity contribution is 7.22. The molecule has 1 fully saturated rings. The first kappa shape index (κ1) is 21.2. The van der Waals surface area contributed by atoms with Crippen LogP contribution < -0.4 is 25.0 Å². The maximum Gasteiger partial charge on any atom is 0.183 e. The molecule has 2 aromatic carbocycles. The summed E-state index contributed by atoms with van der Waals surface area (Å²) in [5.74, 6) is 1.92. The van der Waals surface area contributed by atoms with Gasteiger partial charge in [0.25, 0.3) is 0 Å². The maximum atomic E-state index is 5.97. The van der Waals surface area contributed by atoms with Gasteiger partial charge in [0, 0.05) is 45.8 Å². The van der Waals surface area contributed by atoms with Crippen molar-refractivity contribution in [3.05, 3.63) is 36.4 Å². The molecule has 3 heterocycles. The first-order valence-corrected chi connectivity index (χ1v) is 12.3. The van der Waals surface area contributed by atoms with E-state index in [0.717, 1.165) is 93.2 Å². The molecule has 0 atom stereocenters. The number of unbranched alkanes of at least 4 members (excludes halogenated alkanes) is 1. The lowest BCUT2D eigenvalue weighted by Gasteiger charge is -2.37. The first-order valence-electron chi connectivity index (χ1n) is 11.5. The lowest BCUT2D eigenvalue weighted by molar-refractivity contribution is 0.237. The van der Waals surface area contributed by atoms with Crippen LogP contribution in [0.3, 0.4) is 0 Å². The SMILES string of the molecule is CNc1nc2cc(OCCCCN3CCN(c4cccc5c4OCCN5)CC3)ccc2s1. The van der Waals surface area contributed by atoms with Gasteiger partial charge in [-0.3, -0.25) is 4.90 Å². The topological polar surface area (TPSA) is 61.9 Å². The minimum atomic E-state index is 0.737. The van der Waals surface area contributed by atoms with Crippen LogP contribution in [-0.2, 0) is 0 Å². The van der Waals surface area contributed by atoms with Gasteiger partial charge in [-0.05, 0) is 43.7 Å². The van der Waals surface area contributed by atoms with Crippen LogP contribution >= 0.6 is 11.3 Å². The van der Waals surface area contributed by atoms with Crippen molar-refractivity contribution in [2.75, 3.05) is 75.1 Å². The summed E-state index contributed by atoms with van der Waals surface area (Å²) in [6, 6.07) is 12.6. The van der Waals surface area contributed by atoms with E-state index in [-0.39, 0.29) is 0 Å². The zero-order valence-electron chi connectivity index (χ0n) is 18.6. The van der Waals surface area contributed by atoms with E-state index >= 15 is 0 Å². The van der Waals surface area contributed by atoms with Crippen LogP contribution in [0.1, 0.15) is 12.8 Å². The summed E-state index contributed by atoms with van der Waals surface area (Å²) < 4.78 is 13.1. The summed E-state index contributed by atoms with van der Waals surface area (Å²) in [5, 5.41) is 7.48. The number of ether oxygens (including phenoxy) is 2. The fourth-order valence-corrected chi connectivity index (χ4v) is 5.15. The lowest BCUT2D eigenvalue weighted by atomic mass is 10.2. The molecule has 5 rings (SSSR count). The van der Waals surface area contributed by atoms with Crippen LogP contribution in [0.4, 0.5) is 16.5 Å². The Balaban J connectivity index is 1.04. The van der Waals surface area contributed by atoms with Crippen molar-refractivity contribution in [1.29, 1.82) is 0 Å². The van der Waals surface area contributed by atoms with Crippen LogP contribution in [0.5, 0.6) is 11.5 Å². The highest BCUT2D eigenvalue weighted by Gasteiger charge is 2.22. The van der Waals surface area contributed by atoms with Gasteiger partial charge in [0.05, 0.1) is 28.2 Å². The van der Waals surface area contributed by atoms with Crippen molar-refractivity contribution in [2.24, 2.45) is 0 Å². The van der Waals surface area contributed by atoms with Gasteiger partial charge in [0.15, 0.2) is 10.9 Å². The van der Waals surface area contributed by atoms with E-state index < -0.39 is 0 Å². The average Bonchev–Trinajstić information content (AvgIpc) is 3.26. The number of para-hydroxylation sites is 1. The molecule has 0 amide bonds. The van der Waals surface area contributed by atoms with Crippen LogP contribution in [0.25, 0.3) is 10.2 Å². The largest absolute Gasteiger partial charge is 0.494 e. The third-order valence-electron chi connectivity index (χ3n) is 6.08. The standard InChI is InChI=1S/C24H31N5O2S/c1-25-24-27-20-17-18(7-8-22(20)32-24)30-15-3-2-10-28-11-13-29(14-12-28)21-6-4-5-19-23(21)31-16-9-26-19/h4-8,17,26H,2-3,9-16H2,1H3,(H,25,27). The van der Waals surface area contributed by atoms with Gasteiger partial charge in [-0.25, -0.2) is 4.98 Å². The van der Waals surface area contributed by atoms with Crippen molar-refractivity contribution in [3.8, 4) is 11.5 Å². The molecular weight excluding hydrogens is 422 g/mol. The van der Waals surface area contributed by atoms with Gasteiger partial charge >= 0.3 is 0 Å². The van der Waals surface area contributed by atoms with E-state index in [2.05, 4.69) is 49.7 Å². The van der Waals surface area contributed by atoms with Crippen molar-refractivity contribution in [2.45, 2.75) is 12.8 Å². The van der Waals surface area contributed by atoms with Gasteiger partial charge in [0.1, 0.15) is 12.4 Å². The quantitative estimate of drug-likeness (QED) is 0.498. The van der Waals surface area contributed by atoms with Crippen molar-refractivity contribution < 1.29 is 9.47 Å². The summed E-state index contributed by atoms with van der Waals surface area (Å²) in [5.41, 5.74) is 3.34. The number of benzene rings is 2. The van der Waals surface area contributed by atoms with E-state index in [9.17, 15) is 0 Å². The molecule has 1 aromatic heterocycles. The molecule has 8 heteroatoms. The molecule has 0 unspecified atom stereocenters. The van der Waals surface area contributed by atoms with Crippen molar-refractivity contribution in [1.82, 2.24) is 9.88 Å². The normalized spacial score (nSPS) is 16.3. The highest BCUT2D eigenvalue weighted by Crippen LogP contribution is 2.38. The Hall–Kier alpha value is -2.71. The molecule has 0 saturated carbocycles. The van der Waals surface area contributed by atoms with Crippen LogP contribution in [-0.4, -0.2) is 69.4 Å². The summed E-state index contributed by atoms with van der Waals surface area (Å²) in [6.45, 7) is 7.74.